The van der Waals surface area contributed by atoms with Gasteiger partial charge in [0.15, 0.2) is 0 Å². The normalized spacial score (nSPS) is 15.1. The molecule has 3 rings (SSSR count). The van der Waals surface area contributed by atoms with Crippen LogP contribution in [0.4, 0.5) is 29.3 Å². The van der Waals surface area contributed by atoms with Crippen LogP contribution in [-0.2, 0) is 15.8 Å². The molecule has 2 aromatic carbocycles. The number of benzene rings is 2. The average molecular weight is 438 g/mol. The molecule has 4 amide bonds. The van der Waals surface area contributed by atoms with E-state index in [1.54, 1.807) is 0 Å². The summed E-state index contributed by atoms with van der Waals surface area (Å²) >= 11 is 17.2. The van der Waals surface area contributed by atoms with Crippen LogP contribution in [0.2, 0.25) is 15.1 Å². The fourth-order valence-electron chi connectivity index (χ4n) is 2.41. The predicted molar refractivity (Wildman–Crippen MR) is 93.3 cm³/mol. The zero-order chi connectivity index (χ0) is 20.1. The maximum atomic E-state index is 13.0. The number of urea groups is 1. The largest absolute Gasteiger partial charge is 0.417 e. The minimum atomic E-state index is -4.81. The van der Waals surface area contributed by atoms with Gasteiger partial charge in [-0.05, 0) is 36.4 Å². The number of hydrogen-bond donors (Lipinski definition) is 0. The van der Waals surface area contributed by atoms with Crippen molar-refractivity contribution < 1.29 is 27.6 Å². The van der Waals surface area contributed by atoms with Gasteiger partial charge >= 0.3 is 24.0 Å². The first-order valence-electron chi connectivity index (χ1n) is 7.06. The Morgan fingerprint density at radius 1 is 0.704 bits per heavy atom. The summed E-state index contributed by atoms with van der Waals surface area (Å²) in [4.78, 5) is 37.9. The molecule has 0 saturated carbocycles. The molecule has 0 unspecified atom stereocenters. The molecule has 11 heteroatoms. The van der Waals surface area contributed by atoms with Gasteiger partial charge in [-0.25, -0.2) is 14.6 Å². The lowest BCUT2D eigenvalue weighted by Crippen LogP contribution is -2.33. The van der Waals surface area contributed by atoms with Gasteiger partial charge < -0.3 is 0 Å². The van der Waals surface area contributed by atoms with Crippen molar-refractivity contribution in [2.45, 2.75) is 6.18 Å². The zero-order valence-electron chi connectivity index (χ0n) is 12.9. The number of alkyl halides is 3. The maximum absolute atomic E-state index is 13.0. The van der Waals surface area contributed by atoms with Crippen LogP contribution in [0.3, 0.4) is 0 Å². The first-order chi connectivity index (χ1) is 12.5. The summed E-state index contributed by atoms with van der Waals surface area (Å²) in [5.74, 6) is -2.57. The predicted octanol–water partition coefficient (Wildman–Crippen LogP) is 5.17. The third-order valence-electron chi connectivity index (χ3n) is 3.65. The second-order valence-corrected chi connectivity index (χ2v) is 6.55. The van der Waals surface area contributed by atoms with E-state index in [9.17, 15) is 27.6 Å². The van der Waals surface area contributed by atoms with Gasteiger partial charge in [0.05, 0.1) is 32.0 Å². The Labute approximate surface area is 164 Å². The number of carbonyl (C=O) groups is 3. The lowest BCUT2D eigenvalue weighted by atomic mass is 10.2. The van der Waals surface area contributed by atoms with Crippen LogP contribution in [0.25, 0.3) is 0 Å². The van der Waals surface area contributed by atoms with Gasteiger partial charge in [0, 0.05) is 0 Å². The monoisotopic (exact) mass is 436 g/mol. The van der Waals surface area contributed by atoms with Gasteiger partial charge in [0.1, 0.15) is 0 Å². The molecule has 0 bridgehead atoms. The van der Waals surface area contributed by atoms with Gasteiger partial charge in [-0.1, -0.05) is 34.8 Å². The molecule has 1 heterocycles. The van der Waals surface area contributed by atoms with Crippen molar-refractivity contribution in [2.75, 3.05) is 9.80 Å². The van der Waals surface area contributed by atoms with Crippen molar-refractivity contribution in [2.24, 2.45) is 0 Å². The molecule has 2 aromatic rings. The van der Waals surface area contributed by atoms with E-state index >= 15 is 0 Å². The fraction of sp³-hybridized carbons (Fsp3) is 0.0625. The van der Waals surface area contributed by atoms with Crippen molar-refractivity contribution >= 4 is 64.0 Å². The molecule has 140 valence electrons. The zero-order valence-corrected chi connectivity index (χ0v) is 15.1. The lowest BCUT2D eigenvalue weighted by molar-refractivity contribution is -0.137. The van der Waals surface area contributed by atoms with Crippen molar-refractivity contribution in [1.29, 1.82) is 0 Å². The van der Waals surface area contributed by atoms with Crippen LogP contribution in [0, 0.1) is 0 Å². The summed E-state index contributed by atoms with van der Waals surface area (Å²) in [7, 11) is 0. The third kappa shape index (κ3) is 3.36. The minimum Gasteiger partial charge on any atom is -0.262 e. The average Bonchev–Trinajstić information content (AvgIpc) is 2.80. The molecule has 0 N–H and O–H groups in total. The van der Waals surface area contributed by atoms with Crippen LogP contribution in [0.1, 0.15) is 5.56 Å². The van der Waals surface area contributed by atoms with E-state index in [1.807, 2.05) is 0 Å². The van der Waals surface area contributed by atoms with Crippen molar-refractivity contribution in [3.05, 3.63) is 57.0 Å². The number of rotatable bonds is 2. The summed E-state index contributed by atoms with van der Waals surface area (Å²) in [6.07, 6.45) is -4.81. The van der Waals surface area contributed by atoms with E-state index < -0.39 is 40.3 Å². The van der Waals surface area contributed by atoms with Crippen molar-refractivity contribution in [3.63, 3.8) is 0 Å². The molecule has 27 heavy (non-hydrogen) atoms. The lowest BCUT2D eigenvalue weighted by Gasteiger charge is -2.17. The quantitative estimate of drug-likeness (QED) is 0.481. The second-order valence-electron chi connectivity index (χ2n) is 5.32. The Kier molecular flexibility index (Phi) is 4.83. The van der Waals surface area contributed by atoms with E-state index in [0.29, 0.717) is 15.9 Å². The highest BCUT2D eigenvalue weighted by molar-refractivity contribution is 6.60. The number of carbonyl (C=O) groups excluding carboxylic acids is 3. The molecule has 1 fully saturated rings. The number of imide groups is 2. The van der Waals surface area contributed by atoms with Gasteiger partial charge in [-0.15, -0.1) is 0 Å². The number of halogens is 6. The number of anilines is 2. The highest BCUT2D eigenvalue weighted by atomic mass is 35.5. The Morgan fingerprint density at radius 2 is 1.19 bits per heavy atom. The summed E-state index contributed by atoms with van der Waals surface area (Å²) in [5.41, 5.74) is -1.75. The van der Waals surface area contributed by atoms with Crippen molar-refractivity contribution in [3.8, 4) is 0 Å². The number of amides is 4. The molecule has 0 radical (unpaired) electrons. The number of hydrogen-bond acceptors (Lipinski definition) is 3. The molecule has 0 aliphatic carbocycles. The van der Waals surface area contributed by atoms with Gasteiger partial charge in [-0.3, -0.25) is 9.59 Å². The first kappa shape index (κ1) is 19.5. The van der Waals surface area contributed by atoms with Crippen molar-refractivity contribution in [1.82, 2.24) is 0 Å². The molecular weight excluding hydrogens is 432 g/mol. The maximum Gasteiger partial charge on any atom is 0.417 e. The Balaban J connectivity index is 2.06. The smallest absolute Gasteiger partial charge is 0.262 e. The third-order valence-corrected chi connectivity index (χ3v) is 4.72. The fourth-order valence-corrected chi connectivity index (χ4v) is 2.93. The van der Waals surface area contributed by atoms with E-state index in [4.69, 9.17) is 34.8 Å². The van der Waals surface area contributed by atoms with Crippen LogP contribution >= 0.6 is 34.8 Å². The molecule has 0 spiro atoms. The van der Waals surface area contributed by atoms with Crippen LogP contribution < -0.4 is 9.80 Å². The van der Waals surface area contributed by atoms with Crippen LogP contribution in [0.15, 0.2) is 36.4 Å². The standard InChI is InChI=1S/C16H6Cl3F3N2O3/c17-10-3-1-7(5-9(10)16(20,21)22)23-13(25)14(26)24(15(23)27)8-2-4-11(18)12(19)6-8/h1-6H. The topological polar surface area (TPSA) is 57.7 Å². The highest BCUT2D eigenvalue weighted by Crippen LogP contribution is 2.38. The van der Waals surface area contributed by atoms with Gasteiger partial charge in [0.2, 0.25) is 0 Å². The summed E-state index contributed by atoms with van der Waals surface area (Å²) in [5, 5.41) is -0.445. The molecule has 1 aliphatic rings. The van der Waals surface area contributed by atoms with E-state index in [2.05, 4.69) is 0 Å². The Bertz CT molecular complexity index is 995. The first-order valence-corrected chi connectivity index (χ1v) is 8.20. The van der Waals surface area contributed by atoms with Gasteiger partial charge in [-0.2, -0.15) is 13.2 Å². The van der Waals surface area contributed by atoms with Crippen LogP contribution in [-0.4, -0.2) is 17.8 Å². The minimum absolute atomic E-state index is 0.0199. The summed E-state index contributed by atoms with van der Waals surface area (Å²) in [6, 6.07) is 5.02. The SMILES string of the molecule is O=C1C(=O)N(c2ccc(Cl)c(C(F)(F)F)c2)C(=O)N1c1ccc(Cl)c(Cl)c1. The molecule has 0 atom stereocenters. The molecular formula is C16H6Cl3F3N2O3. The van der Waals surface area contributed by atoms with E-state index in [1.165, 1.54) is 18.2 Å². The van der Waals surface area contributed by atoms with E-state index in [0.717, 1.165) is 12.1 Å². The Hall–Kier alpha value is -2.29. The van der Waals surface area contributed by atoms with Crippen LogP contribution in [0.5, 0.6) is 0 Å². The second kappa shape index (κ2) is 6.70. The van der Waals surface area contributed by atoms with E-state index in [-0.39, 0.29) is 15.7 Å². The summed E-state index contributed by atoms with van der Waals surface area (Å²) < 4.78 is 39.1. The summed E-state index contributed by atoms with van der Waals surface area (Å²) in [6.45, 7) is 0. The molecule has 0 aromatic heterocycles. The van der Waals surface area contributed by atoms with Gasteiger partial charge in [0.25, 0.3) is 0 Å². The molecule has 1 aliphatic heterocycles. The molecule has 5 nitrogen and oxygen atoms in total. The number of nitrogens with zero attached hydrogens (tertiary/aromatic N) is 2. The molecule has 1 saturated heterocycles. The Morgan fingerprint density at radius 3 is 1.67 bits per heavy atom. The highest BCUT2D eigenvalue weighted by Gasteiger charge is 2.47.